The van der Waals surface area contributed by atoms with E-state index in [2.05, 4.69) is 24.5 Å². The van der Waals surface area contributed by atoms with E-state index in [-0.39, 0.29) is 18.1 Å². The number of aryl methyl sites for hydroxylation is 4. The summed E-state index contributed by atoms with van der Waals surface area (Å²) in [5.74, 6) is -4.07. The Labute approximate surface area is 237 Å². The monoisotopic (exact) mass is 540 g/mol. The van der Waals surface area contributed by atoms with Crippen molar-refractivity contribution >= 4 is 29.0 Å². The summed E-state index contributed by atoms with van der Waals surface area (Å²) in [4.78, 5) is 41.5. The molecule has 3 aromatic rings. The van der Waals surface area contributed by atoms with Gasteiger partial charge < -0.3 is 15.7 Å². The summed E-state index contributed by atoms with van der Waals surface area (Å²) in [5, 5.41) is 17.6. The Morgan fingerprint density at radius 3 is 1.82 bits per heavy atom. The van der Waals surface area contributed by atoms with Crippen LogP contribution in [0.3, 0.4) is 0 Å². The number of benzene rings is 3. The molecular weight excluding hydrogens is 500 g/mol. The van der Waals surface area contributed by atoms with Crippen LogP contribution >= 0.6 is 0 Å². The second-order valence-electron chi connectivity index (χ2n) is 11.9. The van der Waals surface area contributed by atoms with E-state index in [9.17, 15) is 19.5 Å². The molecule has 1 fully saturated rings. The molecule has 0 bridgehead atoms. The van der Waals surface area contributed by atoms with Crippen LogP contribution in [0.4, 0.5) is 11.4 Å². The van der Waals surface area contributed by atoms with Crippen LogP contribution in [-0.4, -0.2) is 28.3 Å². The predicted octanol–water partition coefficient (Wildman–Crippen LogP) is 6.36. The molecule has 2 amide bonds. The zero-order valence-electron chi connectivity index (χ0n) is 24.5. The normalized spacial score (nSPS) is 22.7. The van der Waals surface area contributed by atoms with Gasteiger partial charge in [-0.05, 0) is 86.1 Å². The summed E-state index contributed by atoms with van der Waals surface area (Å²) < 4.78 is 0. The minimum absolute atomic E-state index is 0.289. The van der Waals surface area contributed by atoms with Gasteiger partial charge in [0.15, 0.2) is 0 Å². The number of ketones is 1. The lowest BCUT2D eigenvalue weighted by Crippen LogP contribution is -2.56. The first-order chi connectivity index (χ1) is 18.8. The molecule has 4 unspecified atom stereocenters. The van der Waals surface area contributed by atoms with Crippen LogP contribution < -0.4 is 10.6 Å². The smallest absolute Gasteiger partial charge is 0.235 e. The molecule has 0 spiro atoms. The number of amides is 2. The van der Waals surface area contributed by atoms with Crippen molar-refractivity contribution < 1.29 is 19.5 Å². The van der Waals surface area contributed by atoms with Gasteiger partial charge in [0.25, 0.3) is 0 Å². The number of carbonyl (C=O) groups is 3. The average molecular weight is 541 g/mol. The molecule has 40 heavy (non-hydrogen) atoms. The molecule has 6 nitrogen and oxygen atoms in total. The highest BCUT2D eigenvalue weighted by Gasteiger charge is 2.56. The van der Waals surface area contributed by atoms with Crippen molar-refractivity contribution in [2.45, 2.75) is 72.3 Å². The van der Waals surface area contributed by atoms with Gasteiger partial charge in [0.1, 0.15) is 11.7 Å². The molecule has 0 radical (unpaired) electrons. The first kappa shape index (κ1) is 29.2. The van der Waals surface area contributed by atoms with Gasteiger partial charge in [0.05, 0.1) is 11.5 Å². The Bertz CT molecular complexity index is 1440. The summed E-state index contributed by atoms with van der Waals surface area (Å²) in [6.07, 6.45) is -0.302. The highest BCUT2D eigenvalue weighted by atomic mass is 16.3. The Morgan fingerprint density at radius 1 is 0.825 bits per heavy atom. The molecular formula is C34H40N2O4. The third-order valence-electron chi connectivity index (χ3n) is 8.12. The summed E-state index contributed by atoms with van der Waals surface area (Å²) in [6.45, 7) is 13.4. The third-order valence-corrected chi connectivity index (χ3v) is 8.12. The number of rotatable bonds is 6. The largest absolute Gasteiger partial charge is 0.389 e. The van der Waals surface area contributed by atoms with Gasteiger partial charge in [-0.15, -0.1) is 0 Å². The Balaban J connectivity index is 1.81. The molecule has 0 heterocycles. The van der Waals surface area contributed by atoms with Crippen molar-refractivity contribution in [2.75, 3.05) is 10.6 Å². The maximum Gasteiger partial charge on any atom is 0.235 e. The molecule has 1 saturated carbocycles. The van der Waals surface area contributed by atoms with Crippen LogP contribution in [0.15, 0.2) is 60.7 Å². The number of hydrogen-bond donors (Lipinski definition) is 3. The van der Waals surface area contributed by atoms with Gasteiger partial charge in [-0.1, -0.05) is 62.4 Å². The molecule has 1 aliphatic carbocycles. The molecule has 210 valence electrons. The number of anilines is 2. The summed E-state index contributed by atoms with van der Waals surface area (Å²) in [7, 11) is 0. The number of carbonyl (C=O) groups excluding carboxylic acids is 3. The molecule has 4 atom stereocenters. The topological polar surface area (TPSA) is 95.5 Å². The molecule has 1 aliphatic rings. The van der Waals surface area contributed by atoms with Crippen molar-refractivity contribution in [3.8, 4) is 0 Å². The van der Waals surface area contributed by atoms with Crippen LogP contribution in [0, 0.1) is 39.5 Å². The zero-order valence-corrected chi connectivity index (χ0v) is 24.5. The van der Waals surface area contributed by atoms with Gasteiger partial charge in [-0.3, -0.25) is 14.4 Å². The van der Waals surface area contributed by atoms with Crippen molar-refractivity contribution in [2.24, 2.45) is 11.8 Å². The number of nitrogens with one attached hydrogen (secondary N) is 2. The fourth-order valence-corrected chi connectivity index (χ4v) is 5.76. The lowest BCUT2D eigenvalue weighted by atomic mass is 9.61. The Hall–Kier alpha value is -3.77. The zero-order chi connectivity index (χ0) is 29.4. The van der Waals surface area contributed by atoms with Gasteiger partial charge in [-0.2, -0.15) is 0 Å². The molecule has 3 N–H and O–H groups in total. The van der Waals surface area contributed by atoms with E-state index in [1.54, 1.807) is 0 Å². The summed E-state index contributed by atoms with van der Waals surface area (Å²) in [6, 6.07) is 19.2. The lowest BCUT2D eigenvalue weighted by Gasteiger charge is -2.44. The first-order valence-electron chi connectivity index (χ1n) is 13.9. The van der Waals surface area contributed by atoms with E-state index in [1.807, 2.05) is 88.4 Å². The van der Waals surface area contributed by atoms with Gasteiger partial charge in [0, 0.05) is 23.7 Å². The highest BCUT2D eigenvalue weighted by Crippen LogP contribution is 2.47. The molecule has 0 aromatic heterocycles. The van der Waals surface area contributed by atoms with E-state index in [0.29, 0.717) is 16.9 Å². The molecule has 4 rings (SSSR count). The standard InChI is InChI=1S/C34H40N2O4/c1-19(2)24-12-14-25(15-13-24)29-30(32(38)35-26-16-20(3)8-10-22(26)5)28(37)18-34(7,40)31(29)33(39)36-27-17-21(4)9-11-23(27)6/h8-17,19,29-31,40H,18H2,1-7H3,(H,35,38)(H,36,39). The van der Waals surface area contributed by atoms with Gasteiger partial charge in [-0.25, -0.2) is 0 Å². The SMILES string of the molecule is Cc1ccc(C)c(NC(=O)C2C(=O)CC(C)(O)C(C(=O)Nc3cc(C)ccc3C)C2c2ccc(C(C)C)cc2)c1. The van der Waals surface area contributed by atoms with Crippen molar-refractivity contribution in [3.05, 3.63) is 94.0 Å². The molecule has 3 aromatic carbocycles. The van der Waals surface area contributed by atoms with E-state index in [4.69, 9.17) is 0 Å². The van der Waals surface area contributed by atoms with Crippen molar-refractivity contribution in [1.29, 1.82) is 0 Å². The van der Waals surface area contributed by atoms with Crippen molar-refractivity contribution in [3.63, 3.8) is 0 Å². The predicted molar refractivity (Wildman–Crippen MR) is 160 cm³/mol. The second kappa shape index (κ2) is 11.4. The lowest BCUT2D eigenvalue weighted by molar-refractivity contribution is -0.150. The maximum atomic E-state index is 14.0. The fourth-order valence-electron chi connectivity index (χ4n) is 5.76. The molecule has 0 saturated heterocycles. The number of hydrogen-bond acceptors (Lipinski definition) is 4. The highest BCUT2D eigenvalue weighted by molar-refractivity contribution is 6.10. The van der Waals surface area contributed by atoms with Gasteiger partial charge >= 0.3 is 0 Å². The quantitative estimate of drug-likeness (QED) is 0.317. The van der Waals surface area contributed by atoms with Crippen LogP contribution in [0.25, 0.3) is 0 Å². The maximum absolute atomic E-state index is 14.0. The molecule has 6 heteroatoms. The average Bonchev–Trinajstić information content (AvgIpc) is 2.87. The van der Waals surface area contributed by atoms with Gasteiger partial charge in [0.2, 0.25) is 11.8 Å². The van der Waals surface area contributed by atoms with Crippen LogP contribution in [0.5, 0.6) is 0 Å². The minimum Gasteiger partial charge on any atom is -0.389 e. The van der Waals surface area contributed by atoms with E-state index in [1.165, 1.54) is 6.92 Å². The second-order valence-corrected chi connectivity index (χ2v) is 11.9. The van der Waals surface area contributed by atoms with Crippen LogP contribution in [0.2, 0.25) is 0 Å². The molecule has 0 aliphatic heterocycles. The number of aliphatic hydroxyl groups is 1. The van der Waals surface area contributed by atoms with E-state index < -0.39 is 35.2 Å². The van der Waals surface area contributed by atoms with Crippen LogP contribution in [-0.2, 0) is 14.4 Å². The Morgan fingerprint density at radius 2 is 1.32 bits per heavy atom. The number of Topliss-reactive ketones (excluding diaryl/α,β-unsaturated/α-hetero) is 1. The van der Waals surface area contributed by atoms with E-state index >= 15 is 0 Å². The summed E-state index contributed by atoms with van der Waals surface area (Å²) in [5.41, 5.74) is 5.09. The summed E-state index contributed by atoms with van der Waals surface area (Å²) >= 11 is 0. The van der Waals surface area contributed by atoms with Crippen molar-refractivity contribution in [1.82, 2.24) is 0 Å². The third kappa shape index (κ3) is 6.02. The fraction of sp³-hybridized carbons (Fsp3) is 0.382. The Kier molecular flexibility index (Phi) is 8.31. The van der Waals surface area contributed by atoms with Crippen LogP contribution in [0.1, 0.15) is 72.4 Å². The first-order valence-corrected chi connectivity index (χ1v) is 13.9. The van der Waals surface area contributed by atoms with E-state index in [0.717, 1.165) is 27.8 Å². The minimum atomic E-state index is -1.66.